The maximum Gasteiger partial charge on any atom is 0.305 e. The normalized spacial score (nSPS) is 11.9. The molecule has 98 valence electrons. The number of aliphatic carboxylic acids is 1. The van der Waals surface area contributed by atoms with Crippen LogP contribution in [0.3, 0.4) is 0 Å². The van der Waals surface area contributed by atoms with Gasteiger partial charge in [0.15, 0.2) is 5.78 Å². The van der Waals surface area contributed by atoms with Gasteiger partial charge in [0, 0.05) is 26.6 Å². The summed E-state index contributed by atoms with van der Waals surface area (Å²) in [4.78, 5) is 33.2. The maximum absolute atomic E-state index is 11.3. The second-order valence-corrected chi connectivity index (χ2v) is 4.11. The Morgan fingerprint density at radius 1 is 1.33 bits per heavy atom. The molecule has 18 heavy (non-hydrogen) atoms. The standard InChI is InChI=1S/C12H16N2O4/c1-7(15)10-4-5-11(14(10)3)9(6-12(17)18)13-8(2)16/h4-5,9H,6H2,1-3H3,(H,13,16)(H,17,18)/t9-/m0/s1. The lowest BCUT2D eigenvalue weighted by atomic mass is 10.1. The van der Waals surface area contributed by atoms with Gasteiger partial charge in [-0.3, -0.25) is 14.4 Å². The molecule has 6 heteroatoms. The Morgan fingerprint density at radius 2 is 1.94 bits per heavy atom. The van der Waals surface area contributed by atoms with Crippen LogP contribution in [0.25, 0.3) is 0 Å². The van der Waals surface area contributed by atoms with Gasteiger partial charge < -0.3 is 15.0 Å². The van der Waals surface area contributed by atoms with Crippen molar-refractivity contribution in [2.24, 2.45) is 7.05 Å². The van der Waals surface area contributed by atoms with E-state index in [-0.39, 0.29) is 18.1 Å². The summed E-state index contributed by atoms with van der Waals surface area (Å²) in [5.74, 6) is -1.44. The van der Waals surface area contributed by atoms with Gasteiger partial charge in [0.25, 0.3) is 0 Å². The molecule has 0 unspecified atom stereocenters. The molecular weight excluding hydrogens is 236 g/mol. The number of nitrogens with one attached hydrogen (secondary N) is 1. The number of Topliss-reactive ketones (excluding diaryl/α,β-unsaturated/α-hetero) is 1. The molecule has 0 radical (unpaired) electrons. The van der Waals surface area contributed by atoms with Gasteiger partial charge >= 0.3 is 5.97 Å². The number of hydrogen-bond donors (Lipinski definition) is 2. The van der Waals surface area contributed by atoms with Crippen LogP contribution in [0.15, 0.2) is 12.1 Å². The third-order valence-corrected chi connectivity index (χ3v) is 2.63. The molecule has 0 saturated heterocycles. The highest BCUT2D eigenvalue weighted by atomic mass is 16.4. The predicted molar refractivity (Wildman–Crippen MR) is 64.2 cm³/mol. The van der Waals surface area contributed by atoms with Gasteiger partial charge in [0.1, 0.15) is 0 Å². The molecule has 0 aliphatic heterocycles. The number of amides is 1. The highest BCUT2D eigenvalue weighted by molar-refractivity contribution is 5.92. The average Bonchev–Trinajstić information content (AvgIpc) is 2.57. The fraction of sp³-hybridized carbons (Fsp3) is 0.417. The maximum atomic E-state index is 11.3. The number of nitrogens with zero attached hydrogens (tertiary/aromatic N) is 1. The summed E-state index contributed by atoms with van der Waals surface area (Å²) >= 11 is 0. The minimum absolute atomic E-state index is 0.111. The van der Waals surface area contributed by atoms with Crippen LogP contribution < -0.4 is 5.32 Å². The molecule has 1 rings (SSSR count). The molecule has 0 aromatic carbocycles. The number of aromatic nitrogens is 1. The van der Waals surface area contributed by atoms with E-state index in [1.807, 2.05) is 0 Å². The molecule has 1 atom stereocenters. The molecule has 0 saturated carbocycles. The van der Waals surface area contributed by atoms with Crippen LogP contribution in [0.1, 0.15) is 42.5 Å². The van der Waals surface area contributed by atoms with Gasteiger partial charge in [-0.2, -0.15) is 0 Å². The molecule has 0 aliphatic carbocycles. The fourth-order valence-electron chi connectivity index (χ4n) is 1.88. The van der Waals surface area contributed by atoms with Crippen LogP contribution in [-0.2, 0) is 16.6 Å². The van der Waals surface area contributed by atoms with E-state index in [0.29, 0.717) is 11.4 Å². The monoisotopic (exact) mass is 252 g/mol. The predicted octanol–water partition coefficient (Wildman–Crippen LogP) is 0.880. The summed E-state index contributed by atoms with van der Waals surface area (Å²) in [6.07, 6.45) is -0.227. The largest absolute Gasteiger partial charge is 0.481 e. The van der Waals surface area contributed by atoms with Crippen LogP contribution in [0.5, 0.6) is 0 Å². The first kappa shape index (κ1) is 14.0. The minimum atomic E-state index is -1.01. The van der Waals surface area contributed by atoms with Gasteiger partial charge in [-0.1, -0.05) is 0 Å². The molecule has 0 fully saturated rings. The fourth-order valence-corrected chi connectivity index (χ4v) is 1.88. The smallest absolute Gasteiger partial charge is 0.305 e. The Kier molecular flexibility index (Phi) is 4.25. The highest BCUT2D eigenvalue weighted by Gasteiger charge is 2.21. The molecule has 6 nitrogen and oxygen atoms in total. The van der Waals surface area contributed by atoms with E-state index < -0.39 is 12.0 Å². The van der Waals surface area contributed by atoms with E-state index in [2.05, 4.69) is 5.32 Å². The zero-order valence-electron chi connectivity index (χ0n) is 10.6. The topological polar surface area (TPSA) is 88.4 Å². The first-order valence-corrected chi connectivity index (χ1v) is 5.48. The number of carboxylic acids is 1. The Morgan fingerprint density at radius 3 is 2.33 bits per heavy atom. The number of rotatable bonds is 5. The summed E-state index contributed by atoms with van der Waals surface area (Å²) < 4.78 is 1.60. The Bertz CT molecular complexity index is 474. The molecule has 2 N–H and O–H groups in total. The second kappa shape index (κ2) is 5.48. The number of carbonyl (C=O) groups is 3. The quantitative estimate of drug-likeness (QED) is 0.761. The molecule has 1 heterocycles. The molecule has 0 aliphatic rings. The zero-order chi connectivity index (χ0) is 13.9. The second-order valence-electron chi connectivity index (χ2n) is 4.11. The molecule has 1 amide bonds. The SMILES string of the molecule is CC(=O)N[C@@H](CC(=O)O)c1ccc(C(C)=O)n1C. The van der Waals surface area contributed by atoms with Crippen molar-refractivity contribution in [2.75, 3.05) is 0 Å². The van der Waals surface area contributed by atoms with Gasteiger partial charge in [-0.15, -0.1) is 0 Å². The van der Waals surface area contributed by atoms with E-state index >= 15 is 0 Å². The van der Waals surface area contributed by atoms with Gasteiger partial charge in [0.05, 0.1) is 18.2 Å². The average molecular weight is 252 g/mol. The van der Waals surface area contributed by atoms with Gasteiger partial charge in [0.2, 0.25) is 5.91 Å². The lowest BCUT2D eigenvalue weighted by Gasteiger charge is -2.17. The van der Waals surface area contributed by atoms with Gasteiger partial charge in [-0.05, 0) is 12.1 Å². The summed E-state index contributed by atoms with van der Waals surface area (Å²) in [6, 6.07) is 2.63. The summed E-state index contributed by atoms with van der Waals surface area (Å²) in [5, 5.41) is 11.4. The summed E-state index contributed by atoms with van der Waals surface area (Å²) in [6.45, 7) is 2.76. The van der Waals surface area contributed by atoms with Crippen molar-refractivity contribution in [1.82, 2.24) is 9.88 Å². The number of carboxylic acid groups (broad SMARTS) is 1. The van der Waals surface area contributed by atoms with Crippen molar-refractivity contribution >= 4 is 17.7 Å². The van der Waals surface area contributed by atoms with E-state index in [1.165, 1.54) is 13.8 Å². The summed E-state index contributed by atoms with van der Waals surface area (Å²) in [5.41, 5.74) is 1.07. The lowest BCUT2D eigenvalue weighted by Crippen LogP contribution is -2.29. The van der Waals surface area contributed by atoms with Crippen molar-refractivity contribution < 1.29 is 19.5 Å². The lowest BCUT2D eigenvalue weighted by molar-refractivity contribution is -0.137. The summed E-state index contributed by atoms with van der Waals surface area (Å²) in [7, 11) is 1.67. The van der Waals surface area contributed by atoms with Crippen LogP contribution in [0.2, 0.25) is 0 Å². The minimum Gasteiger partial charge on any atom is -0.481 e. The number of ketones is 1. The first-order chi connectivity index (χ1) is 8.32. The van der Waals surface area contributed by atoms with Crippen LogP contribution in [0.4, 0.5) is 0 Å². The molecule has 0 spiro atoms. The zero-order valence-corrected chi connectivity index (χ0v) is 10.6. The molecular formula is C12H16N2O4. The molecule has 1 aromatic heterocycles. The van der Waals surface area contributed by atoms with Crippen LogP contribution in [-0.4, -0.2) is 27.3 Å². The van der Waals surface area contributed by atoms with E-state index in [4.69, 9.17) is 5.11 Å². The van der Waals surface area contributed by atoms with Crippen molar-refractivity contribution in [3.05, 3.63) is 23.5 Å². The van der Waals surface area contributed by atoms with E-state index in [0.717, 1.165) is 0 Å². The van der Waals surface area contributed by atoms with E-state index in [9.17, 15) is 14.4 Å². The van der Waals surface area contributed by atoms with E-state index in [1.54, 1.807) is 23.7 Å². The third kappa shape index (κ3) is 3.19. The van der Waals surface area contributed by atoms with Crippen LogP contribution >= 0.6 is 0 Å². The number of hydrogen-bond acceptors (Lipinski definition) is 3. The highest BCUT2D eigenvalue weighted by Crippen LogP contribution is 2.19. The first-order valence-electron chi connectivity index (χ1n) is 5.48. The Labute approximate surface area is 105 Å². The Hall–Kier alpha value is -2.11. The Balaban J connectivity index is 3.08. The van der Waals surface area contributed by atoms with Crippen molar-refractivity contribution in [3.8, 4) is 0 Å². The van der Waals surface area contributed by atoms with Crippen molar-refractivity contribution in [2.45, 2.75) is 26.3 Å². The number of carbonyl (C=O) groups excluding carboxylic acids is 2. The van der Waals surface area contributed by atoms with Crippen molar-refractivity contribution in [3.63, 3.8) is 0 Å². The molecule has 0 bridgehead atoms. The molecule has 1 aromatic rings. The van der Waals surface area contributed by atoms with Crippen molar-refractivity contribution in [1.29, 1.82) is 0 Å². The van der Waals surface area contributed by atoms with Gasteiger partial charge in [-0.25, -0.2) is 0 Å². The third-order valence-electron chi connectivity index (χ3n) is 2.63. The van der Waals surface area contributed by atoms with Crippen LogP contribution in [0, 0.1) is 0 Å².